The molecule has 0 amide bonds. The van der Waals surface area contributed by atoms with Crippen molar-refractivity contribution in [2.75, 3.05) is 20.2 Å². The smallest absolute Gasteiger partial charge is 0.333 e. The molecular weight excluding hydrogens is 142 g/mol. The first-order valence-corrected chi connectivity index (χ1v) is 3.38. The lowest BCUT2D eigenvalue weighted by atomic mass is 10.4. The Balaban J connectivity index is 3.47. The number of carbonyl (C=O) groups is 1. The van der Waals surface area contributed by atoms with Crippen LogP contribution >= 0.6 is 0 Å². The first kappa shape index (κ1) is 9.88. The monoisotopic (exact) mass is 156 g/mol. The van der Waals surface area contributed by atoms with E-state index in [1.807, 2.05) is 7.05 Å². The predicted molar refractivity (Wildman–Crippen MR) is 43.9 cm³/mol. The van der Waals surface area contributed by atoms with E-state index >= 15 is 0 Å². The largest absolute Gasteiger partial charge is 0.456 e. The van der Waals surface area contributed by atoms with Crippen molar-refractivity contribution in [3.63, 3.8) is 0 Å². The third kappa shape index (κ3) is 5.33. The minimum atomic E-state index is -0.341. The Hall–Kier alpha value is -1.12. The van der Waals surface area contributed by atoms with Gasteiger partial charge in [0.1, 0.15) is 20.4 Å². The molecule has 0 spiro atoms. The van der Waals surface area contributed by atoms with Gasteiger partial charge in [0, 0.05) is 5.57 Å². The molecule has 0 aromatic heterocycles. The number of nitrogens with zero attached hydrogens (tertiary/aromatic N) is 1. The van der Waals surface area contributed by atoms with Gasteiger partial charge in [-0.2, -0.15) is 0 Å². The lowest BCUT2D eigenvalue weighted by Gasteiger charge is -2.00. The highest BCUT2D eigenvalue weighted by molar-refractivity contribution is 5.86. The molecule has 0 fully saturated rings. The van der Waals surface area contributed by atoms with Crippen molar-refractivity contribution in [2.24, 2.45) is 0 Å². The molecule has 0 N–H and O–H groups in total. The maximum atomic E-state index is 10.8. The second-order valence-electron chi connectivity index (χ2n) is 2.50. The molecule has 3 heteroatoms. The Kier molecular flexibility index (Phi) is 4.18. The van der Waals surface area contributed by atoms with Crippen molar-refractivity contribution in [3.05, 3.63) is 12.2 Å². The summed E-state index contributed by atoms with van der Waals surface area (Å²) in [5.74, 6) is -0.341. The predicted octanol–water partition coefficient (Wildman–Crippen LogP) is 0.449. The lowest BCUT2D eigenvalue weighted by molar-refractivity contribution is -0.490. The Morgan fingerprint density at radius 3 is 2.55 bits per heavy atom. The van der Waals surface area contributed by atoms with Gasteiger partial charge in [0.25, 0.3) is 0 Å². The molecule has 0 rings (SSSR count). The van der Waals surface area contributed by atoms with Gasteiger partial charge >= 0.3 is 5.97 Å². The van der Waals surface area contributed by atoms with Crippen molar-refractivity contribution in [1.29, 1.82) is 0 Å². The molecule has 0 aliphatic heterocycles. The van der Waals surface area contributed by atoms with Crippen molar-refractivity contribution in [1.82, 2.24) is 0 Å². The number of hydrogen-bond donors (Lipinski definition) is 0. The van der Waals surface area contributed by atoms with Crippen LogP contribution in [0.2, 0.25) is 0 Å². The molecule has 0 atom stereocenters. The fourth-order valence-electron chi connectivity index (χ4n) is 0.417. The fourth-order valence-corrected chi connectivity index (χ4v) is 0.417. The molecule has 0 bridgehead atoms. The fraction of sp³-hybridized carbons (Fsp3) is 0.500. The summed E-state index contributed by atoms with van der Waals surface area (Å²) < 4.78 is 6.49. The van der Waals surface area contributed by atoms with Crippen LogP contribution in [0.5, 0.6) is 0 Å². The van der Waals surface area contributed by atoms with Gasteiger partial charge in [-0.05, 0) is 6.92 Å². The molecule has 0 aliphatic carbocycles. The Morgan fingerprint density at radius 2 is 2.18 bits per heavy atom. The molecule has 62 valence electrons. The zero-order valence-electron chi connectivity index (χ0n) is 7.09. The van der Waals surface area contributed by atoms with Gasteiger partial charge < -0.3 is 4.74 Å². The van der Waals surface area contributed by atoms with Gasteiger partial charge in [0.15, 0.2) is 6.54 Å². The summed E-state index contributed by atoms with van der Waals surface area (Å²) >= 11 is 0. The lowest BCUT2D eigenvalue weighted by Crippen LogP contribution is -2.15. The Labute approximate surface area is 67.0 Å². The minimum Gasteiger partial charge on any atom is -0.456 e. The van der Waals surface area contributed by atoms with E-state index in [9.17, 15) is 4.79 Å². The van der Waals surface area contributed by atoms with Gasteiger partial charge in [-0.1, -0.05) is 6.58 Å². The maximum Gasteiger partial charge on any atom is 0.333 e. The summed E-state index contributed by atoms with van der Waals surface area (Å²) in [5, 5.41) is 0. The summed E-state index contributed by atoms with van der Waals surface area (Å²) in [7, 11) is 1.81. The summed E-state index contributed by atoms with van der Waals surface area (Å²) in [6.45, 7) is 9.67. The molecule has 0 saturated carbocycles. The third-order valence-electron chi connectivity index (χ3n) is 1.05. The van der Waals surface area contributed by atoms with Crippen molar-refractivity contribution >= 4 is 12.7 Å². The molecule has 0 saturated heterocycles. The maximum absolute atomic E-state index is 10.8. The first-order chi connectivity index (χ1) is 5.04. The number of esters is 1. The number of likely N-dealkylation sites (N-methyl/N-ethyl adjacent to an activating group) is 1. The summed E-state index contributed by atoms with van der Waals surface area (Å²) in [5.41, 5.74) is 0.428. The summed E-state index contributed by atoms with van der Waals surface area (Å²) in [6.07, 6.45) is 0. The number of hydrogen-bond acceptors (Lipinski definition) is 2. The first-order valence-electron chi connectivity index (χ1n) is 3.38. The average Bonchev–Trinajstić information content (AvgIpc) is 1.86. The molecule has 0 aromatic rings. The van der Waals surface area contributed by atoms with Gasteiger partial charge in [-0.3, -0.25) is 0 Å². The van der Waals surface area contributed by atoms with Gasteiger partial charge in [0.2, 0.25) is 0 Å². The summed E-state index contributed by atoms with van der Waals surface area (Å²) in [4.78, 5) is 10.8. The van der Waals surface area contributed by atoms with Crippen LogP contribution in [-0.4, -0.2) is 37.5 Å². The number of carbonyl (C=O) groups excluding carboxylic acids is 1. The molecule has 0 heterocycles. The Bertz CT molecular complexity index is 185. The quantitative estimate of drug-likeness (QED) is 0.256. The highest BCUT2D eigenvalue weighted by Gasteiger charge is 2.02. The number of ether oxygens (including phenoxy) is 1. The van der Waals surface area contributed by atoms with Gasteiger partial charge in [-0.25, -0.2) is 9.37 Å². The van der Waals surface area contributed by atoms with E-state index < -0.39 is 0 Å². The molecule has 0 unspecified atom stereocenters. The second kappa shape index (κ2) is 4.66. The van der Waals surface area contributed by atoms with Gasteiger partial charge in [0.05, 0.1) is 0 Å². The van der Waals surface area contributed by atoms with E-state index in [-0.39, 0.29) is 5.97 Å². The van der Waals surface area contributed by atoms with Crippen LogP contribution in [0, 0.1) is 0 Å². The van der Waals surface area contributed by atoms with Crippen LogP contribution in [0.1, 0.15) is 6.92 Å². The molecule has 0 aromatic carbocycles. The SMILES string of the molecule is C=C(C)C(=O)OCC[N+](=C)C. The van der Waals surface area contributed by atoms with Crippen LogP contribution < -0.4 is 0 Å². The van der Waals surface area contributed by atoms with Crippen molar-refractivity contribution in [3.8, 4) is 0 Å². The Morgan fingerprint density at radius 1 is 1.64 bits per heavy atom. The van der Waals surface area contributed by atoms with Crippen LogP contribution in [0.25, 0.3) is 0 Å². The van der Waals surface area contributed by atoms with E-state index in [1.54, 1.807) is 11.5 Å². The molecular formula is C8H14NO2+. The van der Waals surface area contributed by atoms with E-state index in [1.165, 1.54) is 0 Å². The normalized spacial score (nSPS) is 8.91. The van der Waals surface area contributed by atoms with Crippen LogP contribution in [0.15, 0.2) is 12.2 Å². The zero-order valence-corrected chi connectivity index (χ0v) is 7.09. The van der Waals surface area contributed by atoms with Crippen molar-refractivity contribution < 1.29 is 14.1 Å². The van der Waals surface area contributed by atoms with E-state index in [0.717, 1.165) is 0 Å². The molecule has 3 nitrogen and oxygen atoms in total. The van der Waals surface area contributed by atoms with E-state index in [0.29, 0.717) is 18.7 Å². The highest BCUT2D eigenvalue weighted by Crippen LogP contribution is 1.90. The zero-order chi connectivity index (χ0) is 8.85. The van der Waals surface area contributed by atoms with Crippen LogP contribution in [0.4, 0.5) is 0 Å². The number of rotatable bonds is 4. The average molecular weight is 156 g/mol. The minimum absolute atomic E-state index is 0.341. The van der Waals surface area contributed by atoms with Crippen LogP contribution in [-0.2, 0) is 9.53 Å². The molecule has 0 aliphatic rings. The third-order valence-corrected chi connectivity index (χ3v) is 1.05. The standard InChI is InChI=1S/C8H14NO2/c1-7(2)8(10)11-6-5-9(3)4/h1,3,5-6H2,2,4H3/q+1. The summed E-state index contributed by atoms with van der Waals surface area (Å²) in [6, 6.07) is 0. The molecule has 0 radical (unpaired) electrons. The van der Waals surface area contributed by atoms with Crippen molar-refractivity contribution in [2.45, 2.75) is 6.92 Å². The second-order valence-corrected chi connectivity index (χ2v) is 2.50. The van der Waals surface area contributed by atoms with Crippen LogP contribution in [0.3, 0.4) is 0 Å². The highest BCUT2D eigenvalue weighted by atomic mass is 16.5. The van der Waals surface area contributed by atoms with E-state index in [2.05, 4.69) is 13.3 Å². The van der Waals surface area contributed by atoms with Gasteiger partial charge in [-0.15, -0.1) is 0 Å². The molecule has 11 heavy (non-hydrogen) atoms. The topological polar surface area (TPSA) is 29.3 Å². The van der Waals surface area contributed by atoms with E-state index in [4.69, 9.17) is 4.74 Å².